The Morgan fingerprint density at radius 3 is 1.60 bits per heavy atom. The smallest absolute Gasteiger partial charge is 0.0770 e. The summed E-state index contributed by atoms with van der Waals surface area (Å²) in [7, 11) is -0.557. The highest BCUT2D eigenvalue weighted by atomic mass is 31.2. The van der Waals surface area contributed by atoms with Crippen molar-refractivity contribution in [2.24, 2.45) is 0 Å². The van der Waals surface area contributed by atoms with Crippen LogP contribution in [0.5, 0.6) is 0 Å². The van der Waals surface area contributed by atoms with E-state index in [9.17, 15) is 0 Å². The van der Waals surface area contributed by atoms with Crippen LogP contribution >= 0.6 is 7.26 Å². The van der Waals surface area contributed by atoms with E-state index in [0.717, 1.165) is 0 Å². The van der Waals surface area contributed by atoms with E-state index in [-0.39, 0.29) is 0 Å². The summed E-state index contributed by atoms with van der Waals surface area (Å²) >= 11 is 0. The van der Waals surface area contributed by atoms with Gasteiger partial charge in [-0.1, -0.05) is 12.7 Å². The zero-order valence-electron chi connectivity index (χ0n) is 7.56. The van der Waals surface area contributed by atoms with Crippen molar-refractivity contribution >= 4 is 7.26 Å². The molecule has 0 unspecified atom stereocenters. The summed E-state index contributed by atoms with van der Waals surface area (Å²) in [6.07, 6.45) is 7.57. The fourth-order valence-corrected chi connectivity index (χ4v) is 4.00. The van der Waals surface area contributed by atoms with Gasteiger partial charge in [-0.05, 0) is 20.8 Å². The van der Waals surface area contributed by atoms with Crippen LogP contribution < -0.4 is 0 Å². The number of hydrogen-bond acceptors (Lipinski definition) is 0. The highest BCUT2D eigenvalue weighted by molar-refractivity contribution is 7.75. The number of hydrogen-bond donors (Lipinski definition) is 0. The van der Waals surface area contributed by atoms with E-state index in [2.05, 4.69) is 33.4 Å². The molecule has 0 heterocycles. The van der Waals surface area contributed by atoms with Crippen molar-refractivity contribution in [1.29, 1.82) is 0 Å². The Hall–Kier alpha value is 0.170. The lowest BCUT2D eigenvalue weighted by Gasteiger charge is -2.21. The second kappa shape index (κ2) is 4.91. The highest BCUT2D eigenvalue weighted by Crippen LogP contribution is 2.57. The third kappa shape index (κ3) is 2.42. The van der Waals surface area contributed by atoms with Crippen LogP contribution in [0, 0.1) is 0 Å². The topological polar surface area (TPSA) is 0 Å². The Kier molecular flexibility index (Phi) is 4.99. The van der Waals surface area contributed by atoms with Crippen molar-refractivity contribution < 1.29 is 0 Å². The first-order chi connectivity index (χ1) is 4.74. The van der Waals surface area contributed by atoms with Crippen LogP contribution in [0.3, 0.4) is 0 Å². The van der Waals surface area contributed by atoms with E-state index < -0.39 is 7.26 Å². The summed E-state index contributed by atoms with van der Waals surface area (Å²) in [5.74, 6) is 0. The Morgan fingerprint density at radius 2 is 1.50 bits per heavy atom. The molecule has 0 N–H and O–H groups in total. The zero-order chi connectivity index (χ0) is 8.04. The van der Waals surface area contributed by atoms with Gasteiger partial charge >= 0.3 is 0 Å². The molecule has 0 saturated carbocycles. The third-order valence-electron chi connectivity index (χ3n) is 2.53. The highest BCUT2D eigenvalue weighted by Gasteiger charge is 2.28. The van der Waals surface area contributed by atoms with Crippen molar-refractivity contribution in [1.82, 2.24) is 0 Å². The van der Waals surface area contributed by atoms with E-state index in [1.165, 1.54) is 24.6 Å². The lowest BCUT2D eigenvalue weighted by atomic mass is 10.8. The van der Waals surface area contributed by atoms with Gasteiger partial charge in [0.2, 0.25) is 0 Å². The first kappa shape index (κ1) is 10.2. The maximum Gasteiger partial charge on any atom is 0.0770 e. The minimum atomic E-state index is -0.557. The fraction of sp³-hybridized carbons (Fsp3) is 0.778. The monoisotopic (exact) mass is 159 g/mol. The van der Waals surface area contributed by atoms with Crippen molar-refractivity contribution in [3.8, 4) is 0 Å². The van der Waals surface area contributed by atoms with E-state index in [4.69, 9.17) is 0 Å². The van der Waals surface area contributed by atoms with Crippen LogP contribution in [0.15, 0.2) is 12.7 Å². The molecule has 0 aromatic heterocycles. The summed E-state index contributed by atoms with van der Waals surface area (Å²) in [4.78, 5) is 0. The average molecular weight is 159 g/mol. The van der Waals surface area contributed by atoms with Gasteiger partial charge in [-0.3, -0.25) is 0 Å². The molecule has 0 atom stereocenters. The molecule has 0 saturated heterocycles. The van der Waals surface area contributed by atoms with Gasteiger partial charge in [0.25, 0.3) is 0 Å². The first-order valence-corrected chi connectivity index (χ1v) is 6.73. The Morgan fingerprint density at radius 1 is 1.10 bits per heavy atom. The van der Waals surface area contributed by atoms with Gasteiger partial charge in [-0.15, -0.1) is 0 Å². The SMILES string of the molecule is C=CC[P+](CC)(CC)CC. The van der Waals surface area contributed by atoms with Gasteiger partial charge in [0.15, 0.2) is 0 Å². The first-order valence-electron chi connectivity index (χ1n) is 4.20. The second-order valence-corrected chi connectivity index (χ2v) is 7.71. The maximum atomic E-state index is 3.82. The molecular formula is C9H20P+. The standard InChI is InChI=1S/C9H20P/c1-5-9-10(6-2,7-3)8-4/h5H,1,6-9H2,2-4H3/q+1. The maximum absolute atomic E-state index is 3.82. The summed E-state index contributed by atoms with van der Waals surface area (Å²) in [5.41, 5.74) is 0. The van der Waals surface area contributed by atoms with E-state index in [1.54, 1.807) is 0 Å². The van der Waals surface area contributed by atoms with Gasteiger partial charge < -0.3 is 0 Å². The van der Waals surface area contributed by atoms with Gasteiger partial charge in [-0.2, -0.15) is 0 Å². The lowest BCUT2D eigenvalue weighted by molar-refractivity contribution is 1.28. The largest absolute Gasteiger partial charge is 0.0995 e. The van der Waals surface area contributed by atoms with Crippen LogP contribution in [-0.2, 0) is 0 Å². The van der Waals surface area contributed by atoms with E-state index in [0.29, 0.717) is 0 Å². The summed E-state index contributed by atoms with van der Waals surface area (Å²) in [6, 6.07) is 0. The summed E-state index contributed by atoms with van der Waals surface area (Å²) in [6.45, 7) is 10.8. The predicted molar refractivity (Wildman–Crippen MR) is 53.6 cm³/mol. The van der Waals surface area contributed by atoms with Gasteiger partial charge in [0, 0.05) is 7.26 Å². The molecule has 0 aliphatic rings. The van der Waals surface area contributed by atoms with Gasteiger partial charge in [-0.25, -0.2) is 0 Å². The van der Waals surface area contributed by atoms with Crippen molar-refractivity contribution in [2.75, 3.05) is 24.6 Å². The van der Waals surface area contributed by atoms with Crippen LogP contribution in [0.1, 0.15) is 20.8 Å². The molecule has 0 aliphatic heterocycles. The quantitative estimate of drug-likeness (QED) is 0.426. The van der Waals surface area contributed by atoms with Gasteiger partial charge in [0.05, 0.1) is 24.6 Å². The minimum absolute atomic E-state index is 0.557. The van der Waals surface area contributed by atoms with E-state index in [1.807, 2.05) is 0 Å². The molecule has 0 fully saturated rings. The molecule has 0 aromatic rings. The van der Waals surface area contributed by atoms with Crippen LogP contribution in [0.4, 0.5) is 0 Å². The molecule has 0 radical (unpaired) electrons. The number of allylic oxidation sites excluding steroid dienone is 1. The lowest BCUT2D eigenvalue weighted by Crippen LogP contribution is -2.05. The zero-order valence-corrected chi connectivity index (χ0v) is 8.45. The molecule has 10 heavy (non-hydrogen) atoms. The predicted octanol–water partition coefficient (Wildman–Crippen LogP) is 3.25. The average Bonchev–Trinajstić information content (AvgIpc) is 2.01. The minimum Gasteiger partial charge on any atom is -0.0995 e. The second-order valence-electron chi connectivity index (χ2n) is 2.76. The molecule has 0 bridgehead atoms. The van der Waals surface area contributed by atoms with Gasteiger partial charge in [0.1, 0.15) is 0 Å². The summed E-state index contributed by atoms with van der Waals surface area (Å²) in [5, 5.41) is 0. The van der Waals surface area contributed by atoms with Crippen LogP contribution in [0.2, 0.25) is 0 Å². The van der Waals surface area contributed by atoms with Crippen molar-refractivity contribution in [2.45, 2.75) is 20.8 Å². The fourth-order valence-electron chi connectivity index (χ4n) is 1.33. The normalized spacial score (nSPS) is 11.5. The molecule has 0 nitrogen and oxygen atoms in total. The molecule has 0 aliphatic carbocycles. The third-order valence-corrected chi connectivity index (χ3v) is 7.59. The molecule has 0 spiro atoms. The molecule has 0 aromatic carbocycles. The van der Waals surface area contributed by atoms with Crippen molar-refractivity contribution in [3.63, 3.8) is 0 Å². The Bertz CT molecular complexity index is 84.6. The van der Waals surface area contributed by atoms with Crippen LogP contribution in [-0.4, -0.2) is 24.6 Å². The molecular weight excluding hydrogens is 139 g/mol. The summed E-state index contributed by atoms with van der Waals surface area (Å²) < 4.78 is 0. The molecule has 0 rings (SSSR count). The molecule has 60 valence electrons. The number of rotatable bonds is 5. The molecule has 1 heteroatoms. The Labute approximate surface area is 66.1 Å². The van der Waals surface area contributed by atoms with E-state index >= 15 is 0 Å². The Balaban J connectivity index is 4.00. The van der Waals surface area contributed by atoms with Crippen molar-refractivity contribution in [3.05, 3.63) is 12.7 Å². The molecule has 0 amide bonds. The van der Waals surface area contributed by atoms with Crippen LogP contribution in [0.25, 0.3) is 0 Å².